The fourth-order valence-electron chi connectivity index (χ4n) is 3.52. The lowest BCUT2D eigenvalue weighted by Crippen LogP contribution is -2.23. The highest BCUT2D eigenvalue weighted by Gasteiger charge is 2.38. The molecule has 1 heterocycles. The zero-order chi connectivity index (χ0) is 13.7. The maximum absolute atomic E-state index is 9.52. The van der Waals surface area contributed by atoms with E-state index in [-0.39, 0.29) is 12.7 Å². The van der Waals surface area contributed by atoms with Crippen molar-refractivity contribution in [2.45, 2.75) is 25.6 Å². The Balaban J connectivity index is 1.80. The van der Waals surface area contributed by atoms with E-state index in [1.54, 1.807) is 6.07 Å². The third kappa shape index (κ3) is 1.75. The van der Waals surface area contributed by atoms with Crippen LogP contribution in [0.2, 0.25) is 5.02 Å². The van der Waals surface area contributed by atoms with Crippen LogP contribution < -0.4 is 4.74 Å². The summed E-state index contributed by atoms with van der Waals surface area (Å²) < 4.78 is 6.24. The molecule has 20 heavy (non-hydrogen) atoms. The van der Waals surface area contributed by atoms with Crippen LogP contribution in [0, 0.1) is 5.92 Å². The van der Waals surface area contributed by atoms with Crippen molar-refractivity contribution in [1.82, 2.24) is 0 Å². The molecule has 2 aromatic carbocycles. The van der Waals surface area contributed by atoms with E-state index in [0.717, 1.165) is 29.7 Å². The van der Waals surface area contributed by atoms with Crippen LogP contribution in [0.15, 0.2) is 36.4 Å². The minimum Gasteiger partial charge on any atom is -0.485 e. The van der Waals surface area contributed by atoms with Gasteiger partial charge in [0.05, 0.1) is 6.61 Å². The molecule has 2 aromatic rings. The highest BCUT2D eigenvalue weighted by molar-refractivity contribution is 6.30. The van der Waals surface area contributed by atoms with Crippen molar-refractivity contribution in [2.24, 2.45) is 5.92 Å². The molecule has 0 radical (unpaired) electrons. The Morgan fingerprint density at radius 1 is 1.15 bits per heavy atom. The first-order valence-electron chi connectivity index (χ1n) is 6.93. The molecule has 102 valence electrons. The van der Waals surface area contributed by atoms with E-state index in [0.29, 0.717) is 10.9 Å². The van der Waals surface area contributed by atoms with E-state index in [2.05, 4.69) is 24.3 Å². The SMILES string of the molecule is OCc1cc(Cl)cc2c1O[C@@H]1c3ccccc3C[C@@H]1C2. The molecule has 0 unspecified atom stereocenters. The lowest BCUT2D eigenvalue weighted by Gasteiger charge is -2.31. The number of benzene rings is 2. The summed E-state index contributed by atoms with van der Waals surface area (Å²) in [7, 11) is 0. The largest absolute Gasteiger partial charge is 0.485 e. The number of hydrogen-bond donors (Lipinski definition) is 1. The third-order valence-electron chi connectivity index (χ3n) is 4.38. The third-order valence-corrected chi connectivity index (χ3v) is 4.59. The second-order valence-corrected chi connectivity index (χ2v) is 6.05. The second kappa shape index (κ2) is 4.51. The van der Waals surface area contributed by atoms with Gasteiger partial charge in [-0.05, 0) is 41.7 Å². The molecule has 0 fully saturated rings. The molecule has 0 spiro atoms. The molecule has 0 aromatic heterocycles. The quantitative estimate of drug-likeness (QED) is 0.866. The first kappa shape index (κ1) is 12.2. The molecular weight excluding hydrogens is 272 g/mol. The predicted octanol–water partition coefficient (Wildman–Crippen LogP) is 3.68. The average molecular weight is 287 g/mol. The number of halogens is 1. The Morgan fingerprint density at radius 3 is 2.80 bits per heavy atom. The van der Waals surface area contributed by atoms with E-state index >= 15 is 0 Å². The molecule has 0 bridgehead atoms. The predicted molar refractivity (Wildman–Crippen MR) is 78.1 cm³/mol. The molecule has 1 N–H and O–H groups in total. The van der Waals surface area contributed by atoms with Crippen molar-refractivity contribution < 1.29 is 9.84 Å². The Morgan fingerprint density at radius 2 is 1.95 bits per heavy atom. The van der Waals surface area contributed by atoms with Crippen LogP contribution in [0.4, 0.5) is 0 Å². The summed E-state index contributed by atoms with van der Waals surface area (Å²) in [6.07, 6.45) is 2.13. The number of hydrogen-bond acceptors (Lipinski definition) is 2. The van der Waals surface area contributed by atoms with Crippen LogP contribution >= 0.6 is 11.6 Å². The zero-order valence-electron chi connectivity index (χ0n) is 11.0. The van der Waals surface area contributed by atoms with Crippen molar-refractivity contribution in [1.29, 1.82) is 0 Å². The Hall–Kier alpha value is -1.51. The smallest absolute Gasteiger partial charge is 0.129 e. The highest BCUT2D eigenvalue weighted by Crippen LogP contribution is 2.47. The van der Waals surface area contributed by atoms with Crippen LogP contribution in [-0.2, 0) is 19.4 Å². The van der Waals surface area contributed by atoms with E-state index in [9.17, 15) is 5.11 Å². The minimum absolute atomic E-state index is 0.0398. The van der Waals surface area contributed by atoms with Gasteiger partial charge in [-0.15, -0.1) is 0 Å². The number of ether oxygens (including phenoxy) is 1. The van der Waals surface area contributed by atoms with Gasteiger partial charge in [0.25, 0.3) is 0 Å². The summed E-state index contributed by atoms with van der Waals surface area (Å²) in [6.45, 7) is -0.0398. The normalized spacial score (nSPS) is 22.7. The maximum atomic E-state index is 9.52. The van der Waals surface area contributed by atoms with Crippen molar-refractivity contribution in [3.05, 3.63) is 63.7 Å². The molecule has 1 aliphatic heterocycles. The van der Waals surface area contributed by atoms with Gasteiger partial charge in [0, 0.05) is 16.5 Å². The standard InChI is InChI=1S/C17H15ClO2/c18-14-7-12-6-11-5-10-3-1-2-4-15(10)17(11)20-16(12)13(8-14)9-19/h1-4,7-8,11,17,19H,5-6,9H2/t11-,17+/m1/s1. The molecule has 2 aliphatic rings. The summed E-state index contributed by atoms with van der Waals surface area (Å²) in [5.41, 5.74) is 4.58. The molecule has 1 aliphatic carbocycles. The maximum Gasteiger partial charge on any atom is 0.129 e. The Bertz CT molecular complexity index is 681. The molecule has 0 amide bonds. The van der Waals surface area contributed by atoms with E-state index in [1.807, 2.05) is 6.07 Å². The number of rotatable bonds is 1. The average Bonchev–Trinajstić information content (AvgIpc) is 2.81. The number of fused-ring (bicyclic) bond motifs is 4. The van der Waals surface area contributed by atoms with Gasteiger partial charge in [0.15, 0.2) is 0 Å². The van der Waals surface area contributed by atoms with Gasteiger partial charge in [-0.25, -0.2) is 0 Å². The van der Waals surface area contributed by atoms with Crippen LogP contribution in [0.1, 0.15) is 28.4 Å². The van der Waals surface area contributed by atoms with E-state index in [4.69, 9.17) is 16.3 Å². The molecule has 2 atom stereocenters. The van der Waals surface area contributed by atoms with Crippen LogP contribution in [-0.4, -0.2) is 5.11 Å². The van der Waals surface area contributed by atoms with Crippen LogP contribution in [0.5, 0.6) is 5.75 Å². The first-order chi connectivity index (χ1) is 9.76. The summed E-state index contributed by atoms with van der Waals surface area (Å²) in [5.74, 6) is 1.31. The number of aliphatic hydroxyl groups is 1. The van der Waals surface area contributed by atoms with E-state index in [1.165, 1.54) is 11.1 Å². The van der Waals surface area contributed by atoms with Gasteiger partial charge >= 0.3 is 0 Å². The summed E-state index contributed by atoms with van der Waals surface area (Å²) in [5, 5.41) is 10.2. The minimum atomic E-state index is -0.0398. The molecular formula is C17H15ClO2. The Kier molecular flexibility index (Phi) is 2.76. The van der Waals surface area contributed by atoms with Gasteiger partial charge in [0.1, 0.15) is 11.9 Å². The van der Waals surface area contributed by atoms with E-state index < -0.39 is 0 Å². The monoisotopic (exact) mass is 286 g/mol. The van der Waals surface area contributed by atoms with Crippen LogP contribution in [0.3, 0.4) is 0 Å². The first-order valence-corrected chi connectivity index (χ1v) is 7.30. The Labute approximate surface area is 123 Å². The van der Waals surface area contributed by atoms with Gasteiger partial charge in [-0.2, -0.15) is 0 Å². The topological polar surface area (TPSA) is 29.5 Å². The molecule has 2 nitrogen and oxygen atoms in total. The molecule has 0 saturated heterocycles. The van der Waals surface area contributed by atoms with Gasteiger partial charge in [-0.3, -0.25) is 0 Å². The van der Waals surface area contributed by atoms with Gasteiger partial charge in [-0.1, -0.05) is 35.9 Å². The zero-order valence-corrected chi connectivity index (χ0v) is 11.7. The lowest BCUT2D eigenvalue weighted by atomic mass is 9.90. The fraction of sp³-hybridized carbons (Fsp3) is 0.294. The fourth-order valence-corrected chi connectivity index (χ4v) is 3.79. The molecule has 0 saturated carbocycles. The second-order valence-electron chi connectivity index (χ2n) is 5.62. The molecule has 4 rings (SSSR count). The lowest BCUT2D eigenvalue weighted by molar-refractivity contribution is 0.123. The highest BCUT2D eigenvalue weighted by atomic mass is 35.5. The van der Waals surface area contributed by atoms with Gasteiger partial charge < -0.3 is 9.84 Å². The number of aliphatic hydroxyl groups excluding tert-OH is 1. The van der Waals surface area contributed by atoms with Crippen molar-refractivity contribution in [3.63, 3.8) is 0 Å². The van der Waals surface area contributed by atoms with Gasteiger partial charge in [0.2, 0.25) is 0 Å². The summed E-state index contributed by atoms with van der Waals surface area (Å²) >= 11 is 6.13. The van der Waals surface area contributed by atoms with Crippen molar-refractivity contribution >= 4 is 11.6 Å². The molecule has 3 heteroatoms. The van der Waals surface area contributed by atoms with Crippen LogP contribution in [0.25, 0.3) is 0 Å². The summed E-state index contributed by atoms with van der Waals surface area (Å²) in [6, 6.07) is 12.2. The summed E-state index contributed by atoms with van der Waals surface area (Å²) in [4.78, 5) is 0. The van der Waals surface area contributed by atoms with Crippen molar-refractivity contribution in [3.8, 4) is 5.75 Å². The van der Waals surface area contributed by atoms with Crippen molar-refractivity contribution in [2.75, 3.05) is 0 Å².